The molecule has 1 aliphatic heterocycles. The molecule has 9 heteroatoms. The average molecular weight is 435 g/mol. The van der Waals surface area contributed by atoms with Crippen LogP contribution in [-0.2, 0) is 14.8 Å². The van der Waals surface area contributed by atoms with Crippen molar-refractivity contribution in [2.45, 2.75) is 29.5 Å². The van der Waals surface area contributed by atoms with Gasteiger partial charge in [-0.15, -0.1) is 0 Å². The van der Waals surface area contributed by atoms with E-state index in [0.29, 0.717) is 22.4 Å². The Morgan fingerprint density at radius 3 is 2.48 bits per heavy atom. The van der Waals surface area contributed by atoms with Crippen LogP contribution in [0, 0.1) is 0 Å². The molecule has 29 heavy (non-hydrogen) atoms. The SMILES string of the molecule is CC1(C)SCCN(S(=O)(=O)c2ccc(-c3ccccc3C=O)cc2)[C@H]1C(=O)NO. The fourth-order valence-electron chi connectivity index (χ4n) is 3.52. The van der Waals surface area contributed by atoms with Crippen LogP contribution in [0.4, 0.5) is 0 Å². The van der Waals surface area contributed by atoms with Crippen molar-refractivity contribution in [1.29, 1.82) is 0 Å². The van der Waals surface area contributed by atoms with Gasteiger partial charge in [-0.1, -0.05) is 36.4 Å². The minimum atomic E-state index is -3.97. The molecular formula is C20H22N2O5S2. The Hall–Kier alpha value is -2.20. The van der Waals surface area contributed by atoms with Gasteiger partial charge in [0, 0.05) is 22.6 Å². The van der Waals surface area contributed by atoms with Crippen molar-refractivity contribution in [3.63, 3.8) is 0 Å². The second-order valence-electron chi connectivity index (χ2n) is 7.18. The zero-order valence-corrected chi connectivity index (χ0v) is 17.7. The summed E-state index contributed by atoms with van der Waals surface area (Å²) in [5, 5.41) is 9.13. The average Bonchev–Trinajstić information content (AvgIpc) is 2.72. The minimum absolute atomic E-state index is 0.0447. The summed E-state index contributed by atoms with van der Waals surface area (Å²) in [4.78, 5) is 23.6. The molecule has 154 valence electrons. The van der Waals surface area contributed by atoms with E-state index in [2.05, 4.69) is 0 Å². The highest BCUT2D eigenvalue weighted by atomic mass is 32.2. The maximum atomic E-state index is 13.3. The van der Waals surface area contributed by atoms with Gasteiger partial charge < -0.3 is 0 Å². The van der Waals surface area contributed by atoms with E-state index >= 15 is 0 Å². The van der Waals surface area contributed by atoms with E-state index in [1.807, 2.05) is 0 Å². The lowest BCUT2D eigenvalue weighted by Gasteiger charge is -2.43. The molecule has 0 unspecified atom stereocenters. The van der Waals surface area contributed by atoms with Crippen LogP contribution in [0.15, 0.2) is 53.4 Å². The van der Waals surface area contributed by atoms with Crippen molar-refractivity contribution in [1.82, 2.24) is 9.79 Å². The van der Waals surface area contributed by atoms with Crippen LogP contribution in [0.25, 0.3) is 11.1 Å². The first-order valence-electron chi connectivity index (χ1n) is 8.97. The Kier molecular flexibility index (Phi) is 6.13. The molecule has 2 N–H and O–H groups in total. The normalized spacial score (nSPS) is 19.5. The van der Waals surface area contributed by atoms with Crippen molar-refractivity contribution in [2.24, 2.45) is 0 Å². The standard InChI is InChI=1S/C20H22N2O5S2/c1-20(2)18(19(24)21-25)22(11-12-28-20)29(26,27)16-9-7-14(8-10-16)17-6-4-3-5-15(17)13-23/h3-10,13,18,25H,11-12H2,1-2H3,(H,21,24)/t18-/m0/s1. The first-order valence-corrected chi connectivity index (χ1v) is 11.4. The van der Waals surface area contributed by atoms with Crippen molar-refractivity contribution in [3.05, 3.63) is 54.1 Å². The molecule has 1 aliphatic rings. The number of nitrogens with one attached hydrogen (secondary N) is 1. The molecule has 7 nitrogen and oxygen atoms in total. The molecule has 1 atom stereocenters. The van der Waals surface area contributed by atoms with E-state index in [-0.39, 0.29) is 11.4 Å². The van der Waals surface area contributed by atoms with Crippen LogP contribution >= 0.6 is 11.8 Å². The van der Waals surface area contributed by atoms with Gasteiger partial charge in [-0.2, -0.15) is 16.1 Å². The molecule has 1 heterocycles. The number of nitrogens with zero attached hydrogens (tertiary/aromatic N) is 1. The molecule has 1 saturated heterocycles. The van der Waals surface area contributed by atoms with Gasteiger partial charge in [0.25, 0.3) is 5.91 Å². The summed E-state index contributed by atoms with van der Waals surface area (Å²) < 4.78 is 27.0. The molecule has 2 aromatic rings. The van der Waals surface area contributed by atoms with Crippen molar-refractivity contribution in [3.8, 4) is 11.1 Å². The van der Waals surface area contributed by atoms with Gasteiger partial charge in [0.2, 0.25) is 10.0 Å². The zero-order chi connectivity index (χ0) is 21.2. The number of carbonyl (C=O) groups is 2. The highest BCUT2D eigenvalue weighted by molar-refractivity contribution is 8.00. The molecule has 1 fully saturated rings. The Balaban J connectivity index is 1.98. The Bertz CT molecular complexity index is 1020. The largest absolute Gasteiger partial charge is 0.298 e. The molecular weight excluding hydrogens is 412 g/mol. The third kappa shape index (κ3) is 4.09. The number of thioether (sulfide) groups is 1. The lowest BCUT2D eigenvalue weighted by Crippen LogP contribution is -2.61. The van der Waals surface area contributed by atoms with E-state index in [0.717, 1.165) is 10.6 Å². The summed E-state index contributed by atoms with van der Waals surface area (Å²) in [5.74, 6) is -0.228. The molecule has 0 radical (unpaired) electrons. The van der Waals surface area contributed by atoms with Crippen LogP contribution in [-0.4, -0.2) is 53.2 Å². The molecule has 0 aromatic heterocycles. The van der Waals surface area contributed by atoms with Gasteiger partial charge in [-0.25, -0.2) is 13.9 Å². The van der Waals surface area contributed by atoms with Gasteiger partial charge in [0.05, 0.1) is 4.90 Å². The summed E-state index contributed by atoms with van der Waals surface area (Å²) in [5.41, 5.74) is 3.53. The Morgan fingerprint density at radius 1 is 1.21 bits per heavy atom. The van der Waals surface area contributed by atoms with Crippen molar-refractivity contribution in [2.75, 3.05) is 12.3 Å². The highest BCUT2D eigenvalue weighted by Crippen LogP contribution is 2.38. The third-order valence-corrected chi connectivity index (χ3v) is 8.18. The smallest absolute Gasteiger partial charge is 0.263 e. The number of rotatable bonds is 5. The minimum Gasteiger partial charge on any atom is -0.298 e. The van der Waals surface area contributed by atoms with E-state index in [1.54, 1.807) is 55.7 Å². The molecule has 2 aromatic carbocycles. The summed E-state index contributed by atoms with van der Waals surface area (Å²) in [6, 6.07) is 12.2. The number of aldehydes is 1. The summed E-state index contributed by atoms with van der Waals surface area (Å²) in [7, 11) is -3.97. The lowest BCUT2D eigenvalue weighted by molar-refractivity contribution is -0.134. The highest BCUT2D eigenvalue weighted by Gasteiger charge is 2.48. The van der Waals surface area contributed by atoms with Crippen LogP contribution in [0.1, 0.15) is 24.2 Å². The predicted octanol–water partition coefficient (Wildman–Crippen LogP) is 2.56. The van der Waals surface area contributed by atoms with Crippen LogP contribution in [0.2, 0.25) is 0 Å². The van der Waals surface area contributed by atoms with Gasteiger partial charge in [0.1, 0.15) is 6.04 Å². The molecule has 0 aliphatic carbocycles. The summed E-state index contributed by atoms with van der Waals surface area (Å²) >= 11 is 1.48. The predicted molar refractivity (Wildman–Crippen MR) is 111 cm³/mol. The topological polar surface area (TPSA) is 104 Å². The lowest BCUT2D eigenvalue weighted by atomic mass is 10.0. The Labute approximate surface area is 174 Å². The quantitative estimate of drug-likeness (QED) is 0.426. The van der Waals surface area contributed by atoms with Gasteiger partial charge in [-0.3, -0.25) is 14.8 Å². The number of benzene rings is 2. The second kappa shape index (κ2) is 8.27. The monoisotopic (exact) mass is 434 g/mol. The van der Waals surface area contributed by atoms with E-state index in [9.17, 15) is 18.0 Å². The van der Waals surface area contributed by atoms with Gasteiger partial charge in [-0.05, 0) is 37.1 Å². The molecule has 1 amide bonds. The third-order valence-electron chi connectivity index (χ3n) is 4.95. The summed E-state index contributed by atoms with van der Waals surface area (Å²) in [6.07, 6.45) is 0.756. The van der Waals surface area contributed by atoms with Gasteiger partial charge in [0.15, 0.2) is 6.29 Å². The maximum Gasteiger partial charge on any atom is 0.263 e. The number of sulfonamides is 1. The van der Waals surface area contributed by atoms with E-state index < -0.39 is 26.7 Å². The molecule has 0 saturated carbocycles. The van der Waals surface area contributed by atoms with E-state index in [4.69, 9.17) is 5.21 Å². The number of hydrogen-bond donors (Lipinski definition) is 2. The summed E-state index contributed by atoms with van der Waals surface area (Å²) in [6.45, 7) is 3.71. The molecule has 3 rings (SSSR count). The first kappa shape index (κ1) is 21.5. The molecule has 0 spiro atoms. The fraction of sp³-hybridized carbons (Fsp3) is 0.300. The van der Waals surface area contributed by atoms with Crippen LogP contribution in [0.5, 0.6) is 0 Å². The number of carbonyl (C=O) groups excluding carboxylic acids is 2. The fourth-order valence-corrected chi connectivity index (χ4v) is 6.63. The Morgan fingerprint density at radius 2 is 1.86 bits per heavy atom. The van der Waals surface area contributed by atoms with Crippen LogP contribution in [0.3, 0.4) is 0 Å². The number of hydrogen-bond acceptors (Lipinski definition) is 6. The van der Waals surface area contributed by atoms with Crippen molar-refractivity contribution < 1.29 is 23.2 Å². The van der Waals surface area contributed by atoms with Gasteiger partial charge >= 0.3 is 0 Å². The zero-order valence-electron chi connectivity index (χ0n) is 16.0. The number of hydroxylamine groups is 1. The maximum absolute atomic E-state index is 13.3. The van der Waals surface area contributed by atoms with Crippen molar-refractivity contribution >= 4 is 34.0 Å². The second-order valence-corrected chi connectivity index (χ2v) is 10.8. The molecule has 0 bridgehead atoms. The number of amides is 1. The first-order chi connectivity index (χ1) is 13.7. The van der Waals surface area contributed by atoms with E-state index in [1.165, 1.54) is 23.9 Å². The van der Waals surface area contributed by atoms with Crippen LogP contribution < -0.4 is 5.48 Å².